The summed E-state index contributed by atoms with van der Waals surface area (Å²) in [5.74, 6) is 0.781. The highest BCUT2D eigenvalue weighted by Gasteiger charge is 2.19. The summed E-state index contributed by atoms with van der Waals surface area (Å²) in [5, 5.41) is 3.69. The fraction of sp³-hybridized carbons (Fsp3) is 0.409. The molecule has 150 valence electrons. The molecule has 0 aromatic heterocycles. The average Bonchev–Trinajstić information content (AvgIpc) is 2.71. The van der Waals surface area contributed by atoms with E-state index in [9.17, 15) is 4.79 Å². The van der Waals surface area contributed by atoms with Crippen LogP contribution in [0.4, 0.5) is 5.69 Å². The summed E-state index contributed by atoms with van der Waals surface area (Å²) in [6.45, 7) is 7.63. The number of para-hydroxylation sites is 2. The summed E-state index contributed by atoms with van der Waals surface area (Å²) in [5.41, 5.74) is 2.09. The normalized spacial score (nSPS) is 15.4. The number of anilines is 1. The molecule has 0 bridgehead atoms. The van der Waals surface area contributed by atoms with Gasteiger partial charge < -0.3 is 10.1 Å². The number of hydrogen-bond acceptors (Lipinski definition) is 4. The first-order valence-electron chi connectivity index (χ1n) is 9.85. The highest BCUT2D eigenvalue weighted by atomic mass is 35.5. The van der Waals surface area contributed by atoms with Crippen molar-refractivity contribution in [1.29, 1.82) is 0 Å². The second-order valence-corrected chi connectivity index (χ2v) is 7.36. The first kappa shape index (κ1) is 20.6. The van der Waals surface area contributed by atoms with Gasteiger partial charge in [0.25, 0.3) is 0 Å². The smallest absolute Gasteiger partial charge is 0.238 e. The Bertz CT molecular complexity index is 776. The van der Waals surface area contributed by atoms with Gasteiger partial charge in [-0.3, -0.25) is 14.6 Å². The molecule has 3 rings (SSSR count). The number of ether oxygens (including phenoxy) is 1. The monoisotopic (exact) mass is 401 g/mol. The number of piperazine rings is 1. The number of rotatable bonds is 8. The quantitative estimate of drug-likeness (QED) is 0.734. The van der Waals surface area contributed by atoms with E-state index in [1.807, 2.05) is 42.5 Å². The lowest BCUT2D eigenvalue weighted by atomic mass is 10.1. The first-order valence-corrected chi connectivity index (χ1v) is 10.2. The van der Waals surface area contributed by atoms with E-state index in [-0.39, 0.29) is 5.91 Å². The number of halogens is 1. The number of benzene rings is 2. The Labute approximate surface area is 172 Å². The Balaban J connectivity index is 1.37. The molecule has 2 aromatic rings. The number of hydrogen-bond donors (Lipinski definition) is 1. The van der Waals surface area contributed by atoms with Crippen molar-refractivity contribution in [3.8, 4) is 5.75 Å². The molecule has 2 aromatic carbocycles. The van der Waals surface area contributed by atoms with Gasteiger partial charge in [-0.15, -0.1) is 0 Å². The molecular formula is C22H28ClN3O2. The minimum Gasteiger partial charge on any atom is -0.491 e. The van der Waals surface area contributed by atoms with Gasteiger partial charge >= 0.3 is 0 Å². The van der Waals surface area contributed by atoms with Crippen LogP contribution in [0.15, 0.2) is 48.5 Å². The number of nitrogens with zero attached hydrogens (tertiary/aromatic N) is 2. The summed E-state index contributed by atoms with van der Waals surface area (Å²) in [7, 11) is 0. The Kier molecular flexibility index (Phi) is 7.71. The Morgan fingerprint density at radius 1 is 1.04 bits per heavy atom. The lowest BCUT2D eigenvalue weighted by molar-refractivity contribution is -0.117. The average molecular weight is 402 g/mol. The number of aryl methyl sites for hydroxylation is 1. The van der Waals surface area contributed by atoms with Crippen molar-refractivity contribution < 1.29 is 9.53 Å². The molecule has 6 heteroatoms. The summed E-state index contributed by atoms with van der Waals surface area (Å²) < 4.78 is 5.77. The van der Waals surface area contributed by atoms with Gasteiger partial charge in [0.1, 0.15) is 12.4 Å². The summed E-state index contributed by atoms with van der Waals surface area (Å²) in [6.07, 6.45) is 0.908. The van der Waals surface area contributed by atoms with E-state index >= 15 is 0 Å². The Hall–Kier alpha value is -2.08. The van der Waals surface area contributed by atoms with Crippen molar-refractivity contribution in [1.82, 2.24) is 9.80 Å². The number of carbonyl (C=O) groups excluding carboxylic acids is 1. The van der Waals surface area contributed by atoms with Gasteiger partial charge in [-0.05, 0) is 30.2 Å². The van der Waals surface area contributed by atoms with Crippen LogP contribution in [0.3, 0.4) is 0 Å². The summed E-state index contributed by atoms with van der Waals surface area (Å²) >= 11 is 6.11. The van der Waals surface area contributed by atoms with E-state index in [2.05, 4.69) is 28.1 Å². The third kappa shape index (κ3) is 5.96. The molecule has 5 nitrogen and oxygen atoms in total. The molecule has 0 aliphatic carbocycles. The number of carbonyl (C=O) groups is 1. The van der Waals surface area contributed by atoms with Gasteiger partial charge in [0.2, 0.25) is 5.91 Å². The molecule has 28 heavy (non-hydrogen) atoms. The SMILES string of the molecule is CCc1ccccc1NC(=O)CN1CCN(CCOc2ccccc2Cl)CC1. The van der Waals surface area contributed by atoms with Crippen LogP contribution in [0.5, 0.6) is 5.75 Å². The van der Waals surface area contributed by atoms with E-state index in [0.717, 1.165) is 50.6 Å². The van der Waals surface area contributed by atoms with E-state index in [0.29, 0.717) is 18.2 Å². The zero-order valence-electron chi connectivity index (χ0n) is 16.4. The summed E-state index contributed by atoms with van der Waals surface area (Å²) in [4.78, 5) is 17.0. The molecular weight excluding hydrogens is 374 g/mol. The first-order chi connectivity index (χ1) is 13.7. The fourth-order valence-electron chi connectivity index (χ4n) is 3.36. The molecule has 0 unspecified atom stereocenters. The van der Waals surface area contributed by atoms with Crippen LogP contribution in [0.2, 0.25) is 5.02 Å². The third-order valence-corrected chi connectivity index (χ3v) is 5.32. The molecule has 1 aliphatic rings. The van der Waals surface area contributed by atoms with Crippen molar-refractivity contribution in [2.75, 3.05) is 51.2 Å². The zero-order valence-corrected chi connectivity index (χ0v) is 17.1. The van der Waals surface area contributed by atoms with Crippen molar-refractivity contribution in [2.45, 2.75) is 13.3 Å². The lowest BCUT2D eigenvalue weighted by Crippen LogP contribution is -2.49. The lowest BCUT2D eigenvalue weighted by Gasteiger charge is -2.34. The molecule has 1 saturated heterocycles. The van der Waals surface area contributed by atoms with Crippen LogP contribution in [-0.4, -0.2) is 61.6 Å². The van der Waals surface area contributed by atoms with Crippen LogP contribution in [0, 0.1) is 0 Å². The predicted molar refractivity (Wildman–Crippen MR) is 114 cm³/mol. The molecule has 1 amide bonds. The van der Waals surface area contributed by atoms with Crippen LogP contribution < -0.4 is 10.1 Å². The second kappa shape index (κ2) is 10.5. The topological polar surface area (TPSA) is 44.8 Å². The predicted octanol–water partition coefficient (Wildman–Crippen LogP) is 3.54. The Morgan fingerprint density at radius 2 is 1.71 bits per heavy atom. The van der Waals surface area contributed by atoms with Crippen LogP contribution in [0.25, 0.3) is 0 Å². The van der Waals surface area contributed by atoms with Crippen LogP contribution in [-0.2, 0) is 11.2 Å². The van der Waals surface area contributed by atoms with Crippen molar-refractivity contribution >= 4 is 23.2 Å². The molecule has 1 fully saturated rings. The second-order valence-electron chi connectivity index (χ2n) is 6.96. The van der Waals surface area contributed by atoms with Crippen molar-refractivity contribution in [3.05, 3.63) is 59.1 Å². The van der Waals surface area contributed by atoms with E-state index in [4.69, 9.17) is 16.3 Å². The third-order valence-electron chi connectivity index (χ3n) is 5.01. The Morgan fingerprint density at radius 3 is 2.46 bits per heavy atom. The minimum atomic E-state index is 0.0522. The largest absolute Gasteiger partial charge is 0.491 e. The minimum absolute atomic E-state index is 0.0522. The maximum Gasteiger partial charge on any atom is 0.238 e. The number of amides is 1. The van der Waals surface area contributed by atoms with E-state index in [1.165, 1.54) is 5.56 Å². The van der Waals surface area contributed by atoms with Gasteiger partial charge in [0.05, 0.1) is 11.6 Å². The maximum absolute atomic E-state index is 12.4. The molecule has 0 radical (unpaired) electrons. The molecule has 0 atom stereocenters. The molecule has 1 N–H and O–H groups in total. The van der Waals surface area contributed by atoms with Gasteiger partial charge in [-0.25, -0.2) is 0 Å². The fourth-order valence-corrected chi connectivity index (χ4v) is 3.55. The van der Waals surface area contributed by atoms with Gasteiger partial charge in [0, 0.05) is 38.4 Å². The highest BCUT2D eigenvalue weighted by Crippen LogP contribution is 2.23. The van der Waals surface area contributed by atoms with Gasteiger partial charge in [-0.1, -0.05) is 48.9 Å². The highest BCUT2D eigenvalue weighted by molar-refractivity contribution is 6.32. The molecule has 1 aliphatic heterocycles. The van der Waals surface area contributed by atoms with Gasteiger partial charge in [-0.2, -0.15) is 0 Å². The van der Waals surface area contributed by atoms with Crippen molar-refractivity contribution in [3.63, 3.8) is 0 Å². The zero-order chi connectivity index (χ0) is 19.8. The van der Waals surface area contributed by atoms with Crippen LogP contribution in [0.1, 0.15) is 12.5 Å². The van der Waals surface area contributed by atoms with Crippen molar-refractivity contribution in [2.24, 2.45) is 0 Å². The van der Waals surface area contributed by atoms with E-state index < -0.39 is 0 Å². The maximum atomic E-state index is 12.4. The van der Waals surface area contributed by atoms with Crippen LogP contribution >= 0.6 is 11.6 Å². The molecule has 1 heterocycles. The standard InChI is InChI=1S/C22H28ClN3O2/c1-2-18-7-3-5-9-20(18)24-22(27)17-26-13-11-25(12-14-26)15-16-28-21-10-6-4-8-19(21)23/h3-10H,2,11-17H2,1H3,(H,24,27). The van der Waals surface area contributed by atoms with E-state index in [1.54, 1.807) is 0 Å². The van der Waals surface area contributed by atoms with Gasteiger partial charge in [0.15, 0.2) is 0 Å². The molecule has 0 spiro atoms. The molecule has 0 saturated carbocycles. The summed E-state index contributed by atoms with van der Waals surface area (Å²) in [6, 6.07) is 15.5. The number of nitrogens with one attached hydrogen (secondary N) is 1.